The maximum atomic E-state index is 12.3. The molecule has 1 fully saturated rings. The van der Waals surface area contributed by atoms with Crippen molar-refractivity contribution in [3.05, 3.63) is 30.0 Å². The van der Waals surface area contributed by atoms with Crippen LogP contribution in [0.15, 0.2) is 24.4 Å². The predicted octanol–water partition coefficient (Wildman–Crippen LogP) is 2.81. The van der Waals surface area contributed by atoms with E-state index >= 15 is 0 Å². The molecular formula is C15H19N3O. The van der Waals surface area contributed by atoms with E-state index in [0.29, 0.717) is 17.3 Å². The van der Waals surface area contributed by atoms with Gasteiger partial charge in [0.25, 0.3) is 5.91 Å². The van der Waals surface area contributed by atoms with Crippen LogP contribution < -0.4 is 11.1 Å². The molecule has 1 heterocycles. The highest BCUT2D eigenvalue weighted by Gasteiger charge is 2.18. The molecule has 0 bridgehead atoms. The summed E-state index contributed by atoms with van der Waals surface area (Å²) < 4.78 is 0. The minimum Gasteiger partial charge on any atom is -0.399 e. The summed E-state index contributed by atoms with van der Waals surface area (Å²) >= 11 is 0. The number of aromatic nitrogens is 1. The number of H-pyrrole nitrogens is 1. The minimum absolute atomic E-state index is 0.00347. The van der Waals surface area contributed by atoms with Gasteiger partial charge < -0.3 is 16.0 Å². The molecular weight excluding hydrogens is 238 g/mol. The smallest absolute Gasteiger partial charge is 0.253 e. The van der Waals surface area contributed by atoms with Gasteiger partial charge in [0.1, 0.15) is 0 Å². The number of anilines is 1. The van der Waals surface area contributed by atoms with Gasteiger partial charge in [0.05, 0.1) is 5.56 Å². The number of nitrogens with two attached hydrogens (primary N) is 1. The Kier molecular flexibility index (Phi) is 3.15. The van der Waals surface area contributed by atoms with Crippen molar-refractivity contribution >= 4 is 22.5 Å². The summed E-state index contributed by atoms with van der Waals surface area (Å²) in [5.74, 6) is 0.00347. The van der Waals surface area contributed by atoms with Crippen LogP contribution in [0.1, 0.15) is 42.5 Å². The standard InChI is InChI=1S/C15H19N3O/c16-10-6-7-14-12(8-10)13(9-17-14)15(19)18-11-4-2-1-3-5-11/h6-9,11,17H,1-5,16H2,(H,18,19). The molecule has 1 aromatic carbocycles. The molecule has 19 heavy (non-hydrogen) atoms. The predicted molar refractivity (Wildman–Crippen MR) is 77.1 cm³/mol. The molecule has 0 unspecified atom stereocenters. The Morgan fingerprint density at radius 3 is 2.84 bits per heavy atom. The number of carbonyl (C=O) groups is 1. The van der Waals surface area contributed by atoms with Gasteiger partial charge in [-0.05, 0) is 31.0 Å². The molecule has 2 aromatic rings. The monoisotopic (exact) mass is 257 g/mol. The molecule has 0 saturated heterocycles. The Labute approximate surface area is 112 Å². The van der Waals surface area contributed by atoms with Gasteiger partial charge in [0.2, 0.25) is 0 Å². The van der Waals surface area contributed by atoms with Gasteiger partial charge in [-0.15, -0.1) is 0 Å². The summed E-state index contributed by atoms with van der Waals surface area (Å²) in [5.41, 5.74) is 8.11. The van der Waals surface area contributed by atoms with Crippen molar-refractivity contribution in [1.29, 1.82) is 0 Å². The summed E-state index contributed by atoms with van der Waals surface area (Å²) in [4.78, 5) is 15.4. The lowest BCUT2D eigenvalue weighted by molar-refractivity contribution is 0.0929. The third-order valence-electron chi connectivity index (χ3n) is 3.89. The Balaban J connectivity index is 1.82. The van der Waals surface area contributed by atoms with Crippen molar-refractivity contribution in [2.24, 2.45) is 0 Å². The minimum atomic E-state index is 0.00347. The summed E-state index contributed by atoms with van der Waals surface area (Å²) in [6, 6.07) is 5.91. The molecule has 4 heteroatoms. The second-order valence-corrected chi connectivity index (χ2v) is 5.32. The lowest BCUT2D eigenvalue weighted by atomic mass is 9.95. The molecule has 1 aliphatic rings. The van der Waals surface area contributed by atoms with Crippen molar-refractivity contribution < 1.29 is 4.79 Å². The first-order chi connectivity index (χ1) is 9.24. The molecule has 1 aromatic heterocycles. The van der Waals surface area contributed by atoms with Gasteiger partial charge >= 0.3 is 0 Å². The zero-order valence-electron chi connectivity index (χ0n) is 10.9. The van der Waals surface area contributed by atoms with Crippen molar-refractivity contribution in [3.8, 4) is 0 Å². The quantitative estimate of drug-likeness (QED) is 0.724. The third-order valence-corrected chi connectivity index (χ3v) is 3.89. The van der Waals surface area contributed by atoms with Crippen LogP contribution >= 0.6 is 0 Å². The number of fused-ring (bicyclic) bond motifs is 1. The average Bonchev–Trinajstić information content (AvgIpc) is 2.82. The number of benzene rings is 1. The number of rotatable bonds is 2. The van der Waals surface area contributed by atoms with Crippen LogP contribution in [-0.4, -0.2) is 16.9 Å². The molecule has 4 nitrogen and oxygen atoms in total. The van der Waals surface area contributed by atoms with Crippen LogP contribution in [0.2, 0.25) is 0 Å². The zero-order chi connectivity index (χ0) is 13.2. The van der Waals surface area contributed by atoms with Crippen molar-refractivity contribution in [1.82, 2.24) is 10.3 Å². The van der Waals surface area contributed by atoms with Gasteiger partial charge in [-0.2, -0.15) is 0 Å². The van der Waals surface area contributed by atoms with Gasteiger partial charge in [-0.25, -0.2) is 0 Å². The van der Waals surface area contributed by atoms with Crippen molar-refractivity contribution in [3.63, 3.8) is 0 Å². The average molecular weight is 257 g/mol. The lowest BCUT2D eigenvalue weighted by Gasteiger charge is -2.22. The van der Waals surface area contributed by atoms with Crippen LogP contribution in [0.25, 0.3) is 10.9 Å². The van der Waals surface area contributed by atoms with E-state index in [9.17, 15) is 4.79 Å². The number of aromatic amines is 1. The highest BCUT2D eigenvalue weighted by atomic mass is 16.1. The fourth-order valence-electron chi connectivity index (χ4n) is 2.84. The van der Waals surface area contributed by atoms with Gasteiger partial charge in [0, 0.05) is 28.8 Å². The van der Waals surface area contributed by atoms with E-state index in [0.717, 1.165) is 23.7 Å². The van der Waals surface area contributed by atoms with E-state index in [1.807, 2.05) is 18.2 Å². The number of amides is 1. The fourth-order valence-corrected chi connectivity index (χ4v) is 2.84. The first-order valence-corrected chi connectivity index (χ1v) is 6.91. The van der Waals surface area contributed by atoms with E-state index < -0.39 is 0 Å². The molecule has 4 N–H and O–H groups in total. The lowest BCUT2D eigenvalue weighted by Crippen LogP contribution is -2.36. The summed E-state index contributed by atoms with van der Waals surface area (Å²) in [6.07, 6.45) is 7.67. The number of hydrogen-bond acceptors (Lipinski definition) is 2. The first-order valence-electron chi connectivity index (χ1n) is 6.91. The molecule has 0 aliphatic heterocycles. The first kappa shape index (κ1) is 12.1. The van der Waals surface area contributed by atoms with Crippen LogP contribution in [0.5, 0.6) is 0 Å². The largest absolute Gasteiger partial charge is 0.399 e. The Morgan fingerprint density at radius 2 is 2.05 bits per heavy atom. The second kappa shape index (κ2) is 4.96. The third kappa shape index (κ3) is 2.43. The Bertz CT molecular complexity index is 596. The maximum Gasteiger partial charge on any atom is 0.253 e. The maximum absolute atomic E-state index is 12.3. The molecule has 0 radical (unpaired) electrons. The van der Waals surface area contributed by atoms with E-state index in [1.54, 1.807) is 6.20 Å². The summed E-state index contributed by atoms with van der Waals surface area (Å²) in [7, 11) is 0. The Hall–Kier alpha value is -1.97. The normalized spacial score (nSPS) is 16.6. The summed E-state index contributed by atoms with van der Waals surface area (Å²) in [6.45, 7) is 0. The van der Waals surface area contributed by atoms with E-state index in [1.165, 1.54) is 19.3 Å². The molecule has 100 valence electrons. The van der Waals surface area contributed by atoms with E-state index in [2.05, 4.69) is 10.3 Å². The van der Waals surface area contributed by atoms with Gasteiger partial charge in [-0.3, -0.25) is 4.79 Å². The molecule has 0 spiro atoms. The number of carbonyl (C=O) groups excluding carboxylic acids is 1. The molecule has 1 amide bonds. The number of nitrogens with one attached hydrogen (secondary N) is 2. The second-order valence-electron chi connectivity index (χ2n) is 5.32. The topological polar surface area (TPSA) is 70.9 Å². The zero-order valence-corrected chi connectivity index (χ0v) is 10.9. The fraction of sp³-hybridized carbons (Fsp3) is 0.400. The van der Waals surface area contributed by atoms with Gasteiger partial charge in [0.15, 0.2) is 0 Å². The highest BCUT2D eigenvalue weighted by Crippen LogP contribution is 2.22. The molecule has 0 atom stereocenters. The molecule has 1 aliphatic carbocycles. The van der Waals surface area contributed by atoms with Gasteiger partial charge in [-0.1, -0.05) is 19.3 Å². The number of hydrogen-bond donors (Lipinski definition) is 3. The Morgan fingerprint density at radius 1 is 1.26 bits per heavy atom. The van der Waals surface area contributed by atoms with Crippen LogP contribution in [0, 0.1) is 0 Å². The van der Waals surface area contributed by atoms with E-state index in [-0.39, 0.29) is 5.91 Å². The van der Waals surface area contributed by atoms with Crippen molar-refractivity contribution in [2.45, 2.75) is 38.1 Å². The van der Waals surface area contributed by atoms with Crippen LogP contribution in [0.3, 0.4) is 0 Å². The highest BCUT2D eigenvalue weighted by molar-refractivity contribution is 6.07. The SMILES string of the molecule is Nc1ccc2[nH]cc(C(=O)NC3CCCCC3)c2c1. The number of nitrogen functional groups attached to an aromatic ring is 1. The van der Waals surface area contributed by atoms with Crippen LogP contribution in [0.4, 0.5) is 5.69 Å². The summed E-state index contributed by atoms with van der Waals surface area (Å²) in [5, 5.41) is 4.03. The molecule has 1 saturated carbocycles. The van der Waals surface area contributed by atoms with Crippen LogP contribution in [-0.2, 0) is 0 Å². The molecule has 3 rings (SSSR count). The van der Waals surface area contributed by atoms with E-state index in [4.69, 9.17) is 5.73 Å². The van der Waals surface area contributed by atoms with Crippen molar-refractivity contribution in [2.75, 3.05) is 5.73 Å².